The average Bonchev–Trinajstić information content (AvgIpc) is 2.67. The molecule has 0 spiro atoms. The number of rotatable bonds is 9. The molecule has 2 rings (SSSR count). The number of carbonyl (C=O) groups is 1. The number of ether oxygens (including phenoxy) is 4. The van der Waals surface area contributed by atoms with Gasteiger partial charge in [0.15, 0.2) is 29.0 Å². The molecule has 2 aliphatic heterocycles. The van der Waals surface area contributed by atoms with Gasteiger partial charge in [-0.05, 0) is 0 Å². The summed E-state index contributed by atoms with van der Waals surface area (Å²) in [6.45, 7) is -0.862. The SMILES string of the molecule is CO[C@H]1C(CO)O[C@@H](O[C@H]2C(C(=O)[O-])OC(O)C(OS(=O)(=O)[O-])[C@H]2O)C(NS(=O)(=O)[O-])[C@H]1O.[Na+].[Na+].[Na+]. The third-order valence-electron chi connectivity index (χ3n) is 4.70. The monoisotopic (exact) mass is 595 g/mol. The molecule has 18 nitrogen and oxygen atoms in total. The Morgan fingerprint density at radius 2 is 1.53 bits per heavy atom. The topological polar surface area (TPSA) is 294 Å². The minimum atomic E-state index is -5.57. The predicted octanol–water partition coefficient (Wildman–Crippen LogP) is -16.4. The van der Waals surface area contributed by atoms with Crippen molar-refractivity contribution in [1.82, 2.24) is 4.72 Å². The third-order valence-corrected chi connectivity index (χ3v) is 5.72. The van der Waals surface area contributed by atoms with E-state index >= 15 is 0 Å². The van der Waals surface area contributed by atoms with E-state index in [1.807, 2.05) is 0 Å². The molecule has 2 fully saturated rings. The molecule has 0 aliphatic carbocycles. The number of aliphatic hydroxyl groups is 4. The summed E-state index contributed by atoms with van der Waals surface area (Å²) in [6, 6.07) is -2.02. The standard InChI is InChI=1S/C13H23NO17S2.3Na/c1-27-7-3(2-15)28-13(4(5(7)16)14-32(21,22)23)30-8-6(17)9(31-33(24,25)26)12(20)29-10(8)11(18)19;;;/h3-10,12-17,20H,2H2,1H3,(H,18,19)(H,21,22,23)(H,24,25,26);;;/q;3*+1/p-3/t3?,4?,5-,6+,7+,8-,9?,10?,12?,13+;;;/m1.../s1. The van der Waals surface area contributed by atoms with Crippen LogP contribution < -0.4 is 98.5 Å². The van der Waals surface area contributed by atoms with Crippen LogP contribution in [0.1, 0.15) is 0 Å². The summed E-state index contributed by atoms with van der Waals surface area (Å²) < 4.78 is 91.4. The molecule has 36 heavy (non-hydrogen) atoms. The van der Waals surface area contributed by atoms with Crippen molar-refractivity contribution in [2.24, 2.45) is 0 Å². The second-order valence-corrected chi connectivity index (χ2v) is 8.99. The Morgan fingerprint density at radius 3 is 1.94 bits per heavy atom. The van der Waals surface area contributed by atoms with Gasteiger partial charge in [-0.2, -0.15) is 0 Å². The molecule has 0 amide bonds. The van der Waals surface area contributed by atoms with Crippen molar-refractivity contribution >= 4 is 26.7 Å². The molecule has 0 radical (unpaired) electrons. The number of aliphatic carboxylic acids is 1. The maximum Gasteiger partial charge on any atom is 1.00 e. The summed E-state index contributed by atoms with van der Waals surface area (Å²) in [6.07, 6.45) is -19.0. The fourth-order valence-corrected chi connectivity index (χ4v) is 4.41. The Kier molecular flexibility index (Phi) is 18.2. The summed E-state index contributed by atoms with van der Waals surface area (Å²) in [4.78, 5) is 11.4. The minimum absolute atomic E-state index is 0. The van der Waals surface area contributed by atoms with Gasteiger partial charge in [-0.1, -0.05) is 0 Å². The van der Waals surface area contributed by atoms with Gasteiger partial charge in [0, 0.05) is 7.11 Å². The van der Waals surface area contributed by atoms with Gasteiger partial charge >= 0.3 is 88.7 Å². The molecule has 0 aromatic rings. The van der Waals surface area contributed by atoms with Crippen LogP contribution >= 0.6 is 0 Å². The number of carboxylic acids is 1. The van der Waals surface area contributed by atoms with Crippen LogP contribution in [-0.4, -0.2) is 127 Å². The molecular weight excluding hydrogens is 575 g/mol. The van der Waals surface area contributed by atoms with Crippen LogP contribution in [0.3, 0.4) is 0 Å². The van der Waals surface area contributed by atoms with Crippen LogP contribution in [0.5, 0.6) is 0 Å². The second-order valence-electron chi connectivity index (χ2n) is 6.84. The quantitative estimate of drug-likeness (QED) is 0.0939. The number of carboxylic acid groups (broad SMARTS) is 1. The summed E-state index contributed by atoms with van der Waals surface area (Å²) in [5, 5.41) is 51.3. The summed E-state index contributed by atoms with van der Waals surface area (Å²) in [5.74, 6) is -2.13. The van der Waals surface area contributed by atoms with Crippen LogP contribution in [0.4, 0.5) is 0 Å². The van der Waals surface area contributed by atoms with Gasteiger partial charge in [0.2, 0.25) is 10.4 Å². The van der Waals surface area contributed by atoms with E-state index in [4.69, 9.17) is 14.2 Å². The first-order valence-corrected chi connectivity index (χ1v) is 11.6. The summed E-state index contributed by atoms with van der Waals surface area (Å²) in [7, 11) is -9.85. The molecule has 0 bridgehead atoms. The number of hydrogen-bond donors (Lipinski definition) is 5. The predicted molar refractivity (Wildman–Crippen MR) is 90.5 cm³/mol. The third kappa shape index (κ3) is 10.7. The molecule has 2 saturated heterocycles. The van der Waals surface area contributed by atoms with E-state index in [0.717, 1.165) is 7.11 Å². The zero-order chi connectivity index (χ0) is 25.3. The first-order valence-electron chi connectivity index (χ1n) is 8.82. The van der Waals surface area contributed by atoms with Crippen LogP contribution in [0.25, 0.3) is 0 Å². The maximum absolute atomic E-state index is 11.4. The van der Waals surface area contributed by atoms with E-state index in [1.165, 1.54) is 4.72 Å². The summed E-state index contributed by atoms with van der Waals surface area (Å²) >= 11 is 0. The largest absolute Gasteiger partial charge is 1.00 e. The molecule has 2 heterocycles. The summed E-state index contributed by atoms with van der Waals surface area (Å²) in [5.41, 5.74) is 0. The van der Waals surface area contributed by atoms with E-state index in [9.17, 15) is 56.3 Å². The molecule has 23 heteroatoms. The van der Waals surface area contributed by atoms with Crippen LogP contribution in [0.15, 0.2) is 0 Å². The van der Waals surface area contributed by atoms with E-state index in [2.05, 4.69) is 8.92 Å². The molecule has 0 aromatic carbocycles. The molecule has 0 saturated carbocycles. The number of hydrogen-bond acceptors (Lipinski definition) is 17. The second kappa shape index (κ2) is 16.4. The fourth-order valence-electron chi connectivity index (χ4n) is 3.34. The zero-order valence-corrected chi connectivity index (χ0v) is 27.0. The smallest absolute Gasteiger partial charge is 0.735 e. The van der Waals surface area contributed by atoms with E-state index < -0.39 is 94.6 Å². The number of methoxy groups -OCH3 is 1. The molecule has 5 N–H and O–H groups in total. The number of aliphatic hydroxyl groups excluding tert-OH is 4. The number of nitrogens with one attached hydrogen (secondary N) is 1. The van der Waals surface area contributed by atoms with Crippen molar-refractivity contribution < 1.29 is 168 Å². The Balaban J connectivity index is 0. The van der Waals surface area contributed by atoms with Crippen LogP contribution in [0.2, 0.25) is 0 Å². The fraction of sp³-hybridized carbons (Fsp3) is 0.923. The Hall–Kier alpha value is 1.89. The normalized spacial score (nSPS) is 37.1. The van der Waals surface area contributed by atoms with Gasteiger partial charge in [-0.3, -0.25) is 4.18 Å². The van der Waals surface area contributed by atoms with Gasteiger partial charge < -0.3 is 58.4 Å². The maximum atomic E-state index is 11.4. The Labute approximate surface area is 271 Å². The van der Waals surface area contributed by atoms with E-state index in [-0.39, 0.29) is 88.7 Å². The molecule has 194 valence electrons. The van der Waals surface area contributed by atoms with Gasteiger partial charge in [0.25, 0.3) is 0 Å². The van der Waals surface area contributed by atoms with Crippen molar-refractivity contribution in [3.63, 3.8) is 0 Å². The van der Waals surface area contributed by atoms with Gasteiger partial charge in [-0.15, -0.1) is 0 Å². The Bertz CT molecular complexity index is 909. The Morgan fingerprint density at radius 1 is 0.972 bits per heavy atom. The zero-order valence-electron chi connectivity index (χ0n) is 19.4. The van der Waals surface area contributed by atoms with Crippen molar-refractivity contribution in [3.05, 3.63) is 0 Å². The minimum Gasteiger partial charge on any atom is -0.735 e. The van der Waals surface area contributed by atoms with Crippen molar-refractivity contribution in [3.8, 4) is 0 Å². The molecule has 2 aliphatic rings. The van der Waals surface area contributed by atoms with Crippen molar-refractivity contribution in [2.75, 3.05) is 13.7 Å². The molecule has 10 atom stereocenters. The molecule has 0 aromatic heterocycles. The van der Waals surface area contributed by atoms with Crippen molar-refractivity contribution in [1.29, 1.82) is 0 Å². The van der Waals surface area contributed by atoms with Crippen LogP contribution in [-0.2, 0) is 48.6 Å². The van der Waals surface area contributed by atoms with E-state index in [1.54, 1.807) is 0 Å². The first-order chi connectivity index (χ1) is 15.1. The molecule has 5 unspecified atom stereocenters. The van der Waals surface area contributed by atoms with Gasteiger partial charge in [-0.25, -0.2) is 21.6 Å². The van der Waals surface area contributed by atoms with E-state index in [0.29, 0.717) is 0 Å². The average molecular weight is 595 g/mol. The first kappa shape index (κ1) is 40.0. The number of carbonyl (C=O) groups excluding carboxylic acids is 1. The van der Waals surface area contributed by atoms with Gasteiger partial charge in [0.1, 0.15) is 42.7 Å². The van der Waals surface area contributed by atoms with Crippen LogP contribution in [0, 0.1) is 0 Å². The van der Waals surface area contributed by atoms with Crippen molar-refractivity contribution in [2.45, 2.75) is 61.3 Å². The molecular formula is C13H20NNa3O17S2. The van der Waals surface area contributed by atoms with Gasteiger partial charge in [0.05, 0.1) is 12.6 Å².